The number of ether oxygens (including phenoxy) is 1. The van der Waals surface area contributed by atoms with Crippen molar-refractivity contribution in [2.24, 2.45) is 4.99 Å². The van der Waals surface area contributed by atoms with E-state index in [1.165, 1.54) is 49.7 Å². The number of nitrogens with zero attached hydrogens (tertiary/aromatic N) is 2. The van der Waals surface area contributed by atoms with Crippen LogP contribution in [0.2, 0.25) is 0 Å². The van der Waals surface area contributed by atoms with Crippen molar-refractivity contribution in [1.29, 1.82) is 0 Å². The van der Waals surface area contributed by atoms with Gasteiger partial charge in [0, 0.05) is 39.3 Å². The molecule has 150 valence electrons. The number of hydrogen-bond donors (Lipinski definition) is 2. The minimum absolute atomic E-state index is 0.319. The van der Waals surface area contributed by atoms with Crippen LogP contribution in [0.25, 0.3) is 0 Å². The van der Waals surface area contributed by atoms with Crippen LogP contribution in [0.3, 0.4) is 0 Å². The molecule has 0 spiro atoms. The third-order valence-corrected chi connectivity index (χ3v) is 5.93. The molecule has 0 aromatic heterocycles. The fourth-order valence-electron chi connectivity index (χ4n) is 4.22. The van der Waals surface area contributed by atoms with E-state index >= 15 is 0 Å². The second-order valence-electron chi connectivity index (χ2n) is 7.92. The number of rotatable bonds is 7. The predicted molar refractivity (Wildman–Crippen MR) is 112 cm³/mol. The smallest absolute Gasteiger partial charge is 0.191 e. The Kier molecular flexibility index (Phi) is 7.96. The highest BCUT2D eigenvalue weighted by atomic mass is 16.5. The molecule has 2 aliphatic rings. The molecule has 3 rings (SSSR count). The first-order valence-corrected chi connectivity index (χ1v) is 10.6. The van der Waals surface area contributed by atoms with Gasteiger partial charge in [0.1, 0.15) is 0 Å². The van der Waals surface area contributed by atoms with Crippen molar-refractivity contribution in [2.45, 2.75) is 70.2 Å². The molecule has 2 fully saturated rings. The standard InChI is InChI=1S/C22H36N4O/c1-23-22(25-16-21-13-8-14-27-21)24-15-18-9-6-7-10-19(18)17-26(2)20-11-4-3-5-12-20/h6-7,9-10,20-21H,3-5,8,11-17H2,1-2H3,(H2,23,24,25). The van der Waals surface area contributed by atoms with E-state index in [-0.39, 0.29) is 0 Å². The summed E-state index contributed by atoms with van der Waals surface area (Å²) < 4.78 is 5.68. The largest absolute Gasteiger partial charge is 0.376 e. The molecule has 1 saturated heterocycles. The molecule has 5 heteroatoms. The highest BCUT2D eigenvalue weighted by molar-refractivity contribution is 5.79. The van der Waals surface area contributed by atoms with Gasteiger partial charge in [-0.15, -0.1) is 0 Å². The van der Waals surface area contributed by atoms with E-state index < -0.39 is 0 Å². The lowest BCUT2D eigenvalue weighted by molar-refractivity contribution is 0.114. The Morgan fingerprint density at radius 1 is 1.07 bits per heavy atom. The van der Waals surface area contributed by atoms with Gasteiger partial charge in [-0.05, 0) is 43.9 Å². The van der Waals surface area contributed by atoms with E-state index in [0.29, 0.717) is 6.10 Å². The summed E-state index contributed by atoms with van der Waals surface area (Å²) >= 11 is 0. The summed E-state index contributed by atoms with van der Waals surface area (Å²) in [7, 11) is 4.11. The summed E-state index contributed by atoms with van der Waals surface area (Å²) in [5.41, 5.74) is 2.76. The average Bonchev–Trinajstić information content (AvgIpc) is 3.23. The molecule has 0 radical (unpaired) electrons. The number of hydrogen-bond acceptors (Lipinski definition) is 3. The topological polar surface area (TPSA) is 48.9 Å². The maximum absolute atomic E-state index is 5.68. The molecule has 1 unspecified atom stereocenters. The molecule has 1 aliphatic carbocycles. The van der Waals surface area contributed by atoms with Gasteiger partial charge in [-0.2, -0.15) is 0 Å². The Bertz CT molecular complexity index is 592. The van der Waals surface area contributed by atoms with Crippen LogP contribution in [0.1, 0.15) is 56.1 Å². The Labute approximate surface area is 164 Å². The van der Waals surface area contributed by atoms with E-state index in [9.17, 15) is 0 Å². The van der Waals surface area contributed by atoms with Gasteiger partial charge in [0.25, 0.3) is 0 Å². The molecule has 1 aromatic carbocycles. The van der Waals surface area contributed by atoms with Crippen LogP contribution in [0.15, 0.2) is 29.3 Å². The van der Waals surface area contributed by atoms with Gasteiger partial charge in [0.2, 0.25) is 0 Å². The van der Waals surface area contributed by atoms with Crippen LogP contribution < -0.4 is 10.6 Å². The maximum Gasteiger partial charge on any atom is 0.191 e. The molecule has 0 amide bonds. The van der Waals surface area contributed by atoms with Crippen LogP contribution in [-0.4, -0.2) is 50.3 Å². The second kappa shape index (κ2) is 10.7. The Morgan fingerprint density at radius 3 is 2.56 bits per heavy atom. The summed E-state index contributed by atoms with van der Waals surface area (Å²) in [6.45, 7) is 3.52. The van der Waals surface area contributed by atoms with E-state index in [4.69, 9.17) is 4.74 Å². The molecule has 2 N–H and O–H groups in total. The van der Waals surface area contributed by atoms with Crippen molar-refractivity contribution < 1.29 is 4.74 Å². The molecule has 5 nitrogen and oxygen atoms in total. The van der Waals surface area contributed by atoms with Gasteiger partial charge >= 0.3 is 0 Å². The summed E-state index contributed by atoms with van der Waals surface area (Å²) in [5, 5.41) is 6.86. The Balaban J connectivity index is 1.51. The van der Waals surface area contributed by atoms with Crippen LogP contribution in [0.4, 0.5) is 0 Å². The monoisotopic (exact) mass is 372 g/mol. The third-order valence-electron chi connectivity index (χ3n) is 5.93. The molecule has 1 aliphatic heterocycles. The lowest BCUT2D eigenvalue weighted by Crippen LogP contribution is -2.41. The summed E-state index contributed by atoms with van der Waals surface area (Å²) in [4.78, 5) is 6.90. The summed E-state index contributed by atoms with van der Waals surface area (Å²) in [6, 6.07) is 9.51. The van der Waals surface area contributed by atoms with Crippen molar-refractivity contribution in [3.05, 3.63) is 35.4 Å². The Hall–Kier alpha value is -1.59. The zero-order valence-corrected chi connectivity index (χ0v) is 17.0. The van der Waals surface area contributed by atoms with Crippen LogP contribution in [-0.2, 0) is 17.8 Å². The first kappa shape index (κ1) is 20.2. The molecular weight excluding hydrogens is 336 g/mol. The lowest BCUT2D eigenvalue weighted by atomic mass is 9.94. The zero-order valence-electron chi connectivity index (χ0n) is 17.0. The highest BCUT2D eigenvalue weighted by Gasteiger charge is 2.19. The van der Waals surface area contributed by atoms with Gasteiger partial charge in [-0.1, -0.05) is 43.5 Å². The molecule has 1 atom stereocenters. The van der Waals surface area contributed by atoms with Crippen molar-refractivity contribution in [3.63, 3.8) is 0 Å². The fraction of sp³-hybridized carbons (Fsp3) is 0.682. The van der Waals surface area contributed by atoms with Crippen molar-refractivity contribution >= 4 is 5.96 Å². The fourth-order valence-corrected chi connectivity index (χ4v) is 4.22. The normalized spacial score (nSPS) is 21.6. The van der Waals surface area contributed by atoms with Crippen molar-refractivity contribution in [1.82, 2.24) is 15.5 Å². The Morgan fingerprint density at radius 2 is 1.85 bits per heavy atom. The molecule has 1 saturated carbocycles. The minimum atomic E-state index is 0.319. The van der Waals surface area contributed by atoms with E-state index in [0.717, 1.165) is 44.7 Å². The summed E-state index contributed by atoms with van der Waals surface area (Å²) in [6.07, 6.45) is 9.48. The lowest BCUT2D eigenvalue weighted by Gasteiger charge is -2.31. The van der Waals surface area contributed by atoms with E-state index in [1.54, 1.807) is 0 Å². The highest BCUT2D eigenvalue weighted by Crippen LogP contribution is 2.23. The molecule has 0 bridgehead atoms. The number of aliphatic imine (C=N–C) groups is 1. The average molecular weight is 373 g/mol. The molecular formula is C22H36N4O. The van der Waals surface area contributed by atoms with E-state index in [1.807, 2.05) is 7.05 Å². The quantitative estimate of drug-likeness (QED) is 0.570. The van der Waals surface area contributed by atoms with Crippen LogP contribution in [0, 0.1) is 0 Å². The number of guanidine groups is 1. The number of benzene rings is 1. The van der Waals surface area contributed by atoms with E-state index in [2.05, 4.69) is 51.8 Å². The van der Waals surface area contributed by atoms with Gasteiger partial charge in [0.05, 0.1) is 6.10 Å². The summed E-state index contributed by atoms with van der Waals surface area (Å²) in [5.74, 6) is 0.848. The molecule has 1 aromatic rings. The maximum atomic E-state index is 5.68. The zero-order chi connectivity index (χ0) is 18.9. The van der Waals surface area contributed by atoms with Gasteiger partial charge < -0.3 is 15.4 Å². The van der Waals surface area contributed by atoms with Crippen LogP contribution in [0.5, 0.6) is 0 Å². The minimum Gasteiger partial charge on any atom is -0.376 e. The van der Waals surface area contributed by atoms with Crippen LogP contribution >= 0.6 is 0 Å². The second-order valence-corrected chi connectivity index (χ2v) is 7.92. The van der Waals surface area contributed by atoms with Gasteiger partial charge in [-0.3, -0.25) is 9.89 Å². The van der Waals surface area contributed by atoms with Crippen molar-refractivity contribution in [2.75, 3.05) is 27.2 Å². The van der Waals surface area contributed by atoms with Gasteiger partial charge in [-0.25, -0.2) is 0 Å². The predicted octanol–water partition coefficient (Wildman–Crippen LogP) is 3.30. The molecule has 27 heavy (non-hydrogen) atoms. The number of nitrogens with one attached hydrogen (secondary N) is 2. The molecule has 1 heterocycles. The first-order valence-electron chi connectivity index (χ1n) is 10.6. The SMILES string of the molecule is CN=C(NCc1ccccc1CN(C)C1CCCCC1)NCC1CCCO1. The van der Waals surface area contributed by atoms with Gasteiger partial charge in [0.15, 0.2) is 5.96 Å². The van der Waals surface area contributed by atoms with Crippen molar-refractivity contribution in [3.8, 4) is 0 Å². The third kappa shape index (κ3) is 6.22. The first-order chi connectivity index (χ1) is 13.3.